The van der Waals surface area contributed by atoms with Gasteiger partial charge in [0, 0.05) is 42.4 Å². The number of hydrogen-bond donors (Lipinski definition) is 1. The predicted molar refractivity (Wildman–Crippen MR) is 75.8 cm³/mol. The average molecular weight is 251 g/mol. The van der Waals surface area contributed by atoms with E-state index in [0.717, 1.165) is 19.6 Å². The SMILES string of the molecule is CCNCc1cccnc1N1CCSCC1C. The van der Waals surface area contributed by atoms with Crippen molar-refractivity contribution < 1.29 is 0 Å². The fourth-order valence-electron chi connectivity index (χ4n) is 2.13. The molecule has 1 atom stereocenters. The van der Waals surface area contributed by atoms with Crippen LogP contribution in [0.3, 0.4) is 0 Å². The molecular weight excluding hydrogens is 230 g/mol. The monoisotopic (exact) mass is 251 g/mol. The van der Waals surface area contributed by atoms with E-state index in [2.05, 4.69) is 35.1 Å². The van der Waals surface area contributed by atoms with Gasteiger partial charge in [-0.15, -0.1) is 0 Å². The van der Waals surface area contributed by atoms with Crippen LogP contribution < -0.4 is 10.2 Å². The first kappa shape index (κ1) is 12.7. The third kappa shape index (κ3) is 3.13. The summed E-state index contributed by atoms with van der Waals surface area (Å²) in [6.45, 7) is 7.45. The maximum atomic E-state index is 4.58. The van der Waals surface area contributed by atoms with Gasteiger partial charge >= 0.3 is 0 Å². The van der Waals surface area contributed by atoms with E-state index in [4.69, 9.17) is 0 Å². The average Bonchev–Trinajstić information content (AvgIpc) is 2.37. The Bertz CT molecular complexity index is 356. The summed E-state index contributed by atoms with van der Waals surface area (Å²) >= 11 is 2.04. The Morgan fingerprint density at radius 1 is 1.59 bits per heavy atom. The Kier molecular flexibility index (Phi) is 4.68. The third-order valence-electron chi connectivity index (χ3n) is 3.07. The number of nitrogens with zero attached hydrogens (tertiary/aromatic N) is 2. The van der Waals surface area contributed by atoms with Crippen LogP contribution in [0.2, 0.25) is 0 Å². The van der Waals surface area contributed by atoms with E-state index in [1.807, 2.05) is 24.0 Å². The zero-order chi connectivity index (χ0) is 12.1. The minimum absolute atomic E-state index is 0.587. The first-order valence-corrected chi connectivity index (χ1v) is 7.47. The molecule has 0 bridgehead atoms. The maximum Gasteiger partial charge on any atom is 0.133 e. The van der Waals surface area contributed by atoms with Crippen molar-refractivity contribution in [3.05, 3.63) is 23.9 Å². The molecule has 1 aromatic rings. The zero-order valence-electron chi connectivity index (χ0n) is 10.6. The fourth-order valence-corrected chi connectivity index (χ4v) is 3.14. The fraction of sp³-hybridized carbons (Fsp3) is 0.615. The second-order valence-electron chi connectivity index (χ2n) is 4.38. The van der Waals surface area contributed by atoms with E-state index in [0.29, 0.717) is 6.04 Å². The molecule has 0 aliphatic carbocycles. The van der Waals surface area contributed by atoms with Crippen LogP contribution >= 0.6 is 11.8 Å². The van der Waals surface area contributed by atoms with E-state index in [1.54, 1.807) is 0 Å². The van der Waals surface area contributed by atoms with Crippen LogP contribution in [0.15, 0.2) is 18.3 Å². The Hall–Kier alpha value is -0.740. The van der Waals surface area contributed by atoms with Crippen molar-refractivity contribution in [2.75, 3.05) is 29.5 Å². The lowest BCUT2D eigenvalue weighted by Gasteiger charge is -2.35. The molecule has 2 heterocycles. The molecule has 0 spiro atoms. The van der Waals surface area contributed by atoms with Crippen molar-refractivity contribution in [3.63, 3.8) is 0 Å². The summed E-state index contributed by atoms with van der Waals surface area (Å²) < 4.78 is 0. The van der Waals surface area contributed by atoms with Crippen LogP contribution in [-0.2, 0) is 6.54 Å². The van der Waals surface area contributed by atoms with Gasteiger partial charge in [0.05, 0.1) is 0 Å². The van der Waals surface area contributed by atoms with Gasteiger partial charge in [-0.25, -0.2) is 4.98 Å². The summed E-state index contributed by atoms with van der Waals surface area (Å²) in [5, 5.41) is 3.39. The first-order valence-electron chi connectivity index (χ1n) is 6.32. The molecule has 0 saturated carbocycles. The summed E-state index contributed by atoms with van der Waals surface area (Å²) in [6, 6.07) is 4.79. The van der Waals surface area contributed by atoms with Gasteiger partial charge in [-0.1, -0.05) is 13.0 Å². The smallest absolute Gasteiger partial charge is 0.133 e. The lowest BCUT2D eigenvalue weighted by molar-refractivity contribution is 0.670. The number of anilines is 1. The van der Waals surface area contributed by atoms with E-state index >= 15 is 0 Å². The van der Waals surface area contributed by atoms with E-state index < -0.39 is 0 Å². The van der Waals surface area contributed by atoms with Gasteiger partial charge in [0.2, 0.25) is 0 Å². The van der Waals surface area contributed by atoms with Crippen molar-refractivity contribution in [1.82, 2.24) is 10.3 Å². The number of hydrogen-bond acceptors (Lipinski definition) is 4. The zero-order valence-corrected chi connectivity index (χ0v) is 11.5. The molecule has 1 N–H and O–H groups in total. The Labute approximate surface area is 108 Å². The van der Waals surface area contributed by atoms with Crippen LogP contribution in [0.5, 0.6) is 0 Å². The highest BCUT2D eigenvalue weighted by molar-refractivity contribution is 7.99. The third-order valence-corrected chi connectivity index (χ3v) is 4.26. The molecule has 4 heteroatoms. The van der Waals surface area contributed by atoms with Gasteiger partial charge in [-0.2, -0.15) is 11.8 Å². The van der Waals surface area contributed by atoms with Gasteiger partial charge < -0.3 is 10.2 Å². The Balaban J connectivity index is 2.17. The lowest BCUT2D eigenvalue weighted by atomic mass is 10.2. The maximum absolute atomic E-state index is 4.58. The van der Waals surface area contributed by atoms with E-state index in [9.17, 15) is 0 Å². The summed E-state index contributed by atoms with van der Waals surface area (Å²) in [5.74, 6) is 3.58. The molecule has 94 valence electrons. The molecule has 1 fully saturated rings. The van der Waals surface area contributed by atoms with Crippen molar-refractivity contribution in [2.24, 2.45) is 0 Å². The standard InChI is InChI=1S/C13H21N3S/c1-3-14-9-12-5-4-6-15-13(12)16-7-8-17-10-11(16)2/h4-6,11,14H,3,7-10H2,1-2H3. The molecule has 3 nitrogen and oxygen atoms in total. The second-order valence-corrected chi connectivity index (χ2v) is 5.53. The van der Waals surface area contributed by atoms with Crippen LogP contribution in [0.4, 0.5) is 5.82 Å². The normalized spacial score (nSPS) is 20.6. The molecule has 1 aromatic heterocycles. The van der Waals surface area contributed by atoms with Crippen LogP contribution in [-0.4, -0.2) is 35.6 Å². The van der Waals surface area contributed by atoms with Gasteiger partial charge in [0.1, 0.15) is 5.82 Å². The van der Waals surface area contributed by atoms with Crippen LogP contribution in [0, 0.1) is 0 Å². The van der Waals surface area contributed by atoms with Gasteiger partial charge in [0.15, 0.2) is 0 Å². The Morgan fingerprint density at radius 2 is 2.47 bits per heavy atom. The highest BCUT2D eigenvalue weighted by Crippen LogP contribution is 2.24. The van der Waals surface area contributed by atoms with Gasteiger partial charge in [-0.05, 0) is 19.5 Å². The van der Waals surface area contributed by atoms with E-state index in [1.165, 1.54) is 22.9 Å². The summed E-state index contributed by atoms with van der Waals surface area (Å²) in [4.78, 5) is 7.03. The van der Waals surface area contributed by atoms with Crippen molar-refractivity contribution >= 4 is 17.6 Å². The lowest BCUT2D eigenvalue weighted by Crippen LogP contribution is -2.41. The second kappa shape index (κ2) is 6.26. The van der Waals surface area contributed by atoms with Gasteiger partial charge in [0.25, 0.3) is 0 Å². The minimum Gasteiger partial charge on any atom is -0.352 e. The highest BCUT2D eigenvalue weighted by Gasteiger charge is 2.21. The van der Waals surface area contributed by atoms with Gasteiger partial charge in [-0.3, -0.25) is 0 Å². The van der Waals surface area contributed by atoms with Crippen molar-refractivity contribution in [3.8, 4) is 0 Å². The number of nitrogens with one attached hydrogen (secondary N) is 1. The number of pyridine rings is 1. The topological polar surface area (TPSA) is 28.2 Å². The molecule has 1 aliphatic rings. The summed E-state index contributed by atoms with van der Waals surface area (Å²) in [6.07, 6.45) is 1.90. The number of thioether (sulfide) groups is 1. The quantitative estimate of drug-likeness (QED) is 0.887. The molecule has 0 aromatic carbocycles. The minimum atomic E-state index is 0.587. The molecule has 1 unspecified atom stereocenters. The van der Waals surface area contributed by atoms with Crippen molar-refractivity contribution in [2.45, 2.75) is 26.4 Å². The Morgan fingerprint density at radius 3 is 3.24 bits per heavy atom. The summed E-state index contributed by atoms with van der Waals surface area (Å²) in [7, 11) is 0. The number of rotatable bonds is 4. The molecule has 2 rings (SSSR count). The van der Waals surface area contributed by atoms with E-state index in [-0.39, 0.29) is 0 Å². The highest BCUT2D eigenvalue weighted by atomic mass is 32.2. The molecular formula is C13H21N3S. The van der Waals surface area contributed by atoms with Crippen LogP contribution in [0.25, 0.3) is 0 Å². The first-order chi connectivity index (χ1) is 8.33. The molecule has 0 radical (unpaired) electrons. The molecule has 0 amide bonds. The van der Waals surface area contributed by atoms with Crippen molar-refractivity contribution in [1.29, 1.82) is 0 Å². The summed E-state index contributed by atoms with van der Waals surface area (Å²) in [5.41, 5.74) is 1.31. The number of aromatic nitrogens is 1. The molecule has 17 heavy (non-hydrogen) atoms. The van der Waals surface area contributed by atoms with Crippen LogP contribution in [0.1, 0.15) is 19.4 Å². The largest absolute Gasteiger partial charge is 0.352 e. The predicted octanol–water partition coefficient (Wildman–Crippen LogP) is 2.13. The molecule has 1 aliphatic heterocycles. The molecule has 1 saturated heterocycles.